The van der Waals surface area contributed by atoms with E-state index in [-0.39, 0.29) is 23.1 Å². The molecule has 0 aromatic heterocycles. The summed E-state index contributed by atoms with van der Waals surface area (Å²) < 4.78 is 48.0. The number of carbonyl (C=O) groups excluding carboxylic acids is 1. The monoisotopic (exact) mass is 477 g/mol. The summed E-state index contributed by atoms with van der Waals surface area (Å²) in [6.07, 6.45) is 0. The van der Waals surface area contributed by atoms with Crippen LogP contribution in [0.1, 0.15) is 15.9 Å². The van der Waals surface area contributed by atoms with Crippen LogP contribution in [0.4, 0.5) is 4.39 Å². The van der Waals surface area contributed by atoms with E-state index in [1.165, 1.54) is 12.1 Å². The van der Waals surface area contributed by atoms with Gasteiger partial charge in [-0.05, 0) is 66.2 Å². The number of rotatable bonds is 9. The molecule has 0 bridgehead atoms. The van der Waals surface area contributed by atoms with Crippen molar-refractivity contribution in [1.82, 2.24) is 4.90 Å². The Morgan fingerprint density at radius 1 is 0.969 bits per heavy atom. The van der Waals surface area contributed by atoms with Gasteiger partial charge >= 0.3 is 10.1 Å². The standard InChI is InChI=1S/C23H21ClFNO5S/c1-30-15-14-26(23(27)18-4-6-19(24)7-5-18)16-17-2-10-21(11-3-17)31-32(28,29)22-12-8-20(25)9-13-22/h2-13H,14-16H2,1H3. The molecule has 0 aliphatic carbocycles. The molecule has 168 valence electrons. The van der Waals surface area contributed by atoms with Gasteiger partial charge in [0.1, 0.15) is 16.5 Å². The Hall–Kier alpha value is -2.94. The maximum Gasteiger partial charge on any atom is 0.339 e. The highest BCUT2D eigenvalue weighted by atomic mass is 35.5. The van der Waals surface area contributed by atoms with Gasteiger partial charge < -0.3 is 13.8 Å². The van der Waals surface area contributed by atoms with Crippen molar-refractivity contribution in [3.63, 3.8) is 0 Å². The second-order valence-electron chi connectivity index (χ2n) is 6.86. The van der Waals surface area contributed by atoms with E-state index in [0.29, 0.717) is 23.7 Å². The van der Waals surface area contributed by atoms with Crippen molar-refractivity contribution < 1.29 is 26.5 Å². The summed E-state index contributed by atoms with van der Waals surface area (Å²) in [5, 5.41) is 0.538. The molecule has 0 unspecified atom stereocenters. The summed E-state index contributed by atoms with van der Waals surface area (Å²) in [5.74, 6) is -0.622. The minimum absolute atomic E-state index is 0.102. The van der Waals surface area contributed by atoms with Gasteiger partial charge in [0.05, 0.1) is 6.61 Å². The van der Waals surface area contributed by atoms with E-state index >= 15 is 0 Å². The minimum Gasteiger partial charge on any atom is -0.383 e. The van der Waals surface area contributed by atoms with Gasteiger partial charge in [-0.25, -0.2) is 4.39 Å². The number of ether oxygens (including phenoxy) is 1. The van der Waals surface area contributed by atoms with Crippen molar-refractivity contribution in [1.29, 1.82) is 0 Å². The van der Waals surface area contributed by atoms with Crippen LogP contribution in [-0.2, 0) is 21.4 Å². The fourth-order valence-electron chi connectivity index (χ4n) is 2.88. The lowest BCUT2D eigenvalue weighted by Crippen LogP contribution is -2.33. The zero-order chi connectivity index (χ0) is 23.1. The van der Waals surface area contributed by atoms with Crippen molar-refractivity contribution in [2.45, 2.75) is 11.4 Å². The Morgan fingerprint density at radius 3 is 2.19 bits per heavy atom. The Morgan fingerprint density at radius 2 is 1.59 bits per heavy atom. The molecular formula is C23H21ClFNO5S. The first kappa shape index (κ1) is 23.7. The Kier molecular flexibility index (Phi) is 7.84. The van der Waals surface area contributed by atoms with Gasteiger partial charge in [-0.2, -0.15) is 8.42 Å². The second kappa shape index (κ2) is 10.6. The summed E-state index contributed by atoms with van der Waals surface area (Å²) in [4.78, 5) is 14.4. The molecule has 0 radical (unpaired) electrons. The van der Waals surface area contributed by atoms with Crippen molar-refractivity contribution >= 4 is 27.6 Å². The normalized spacial score (nSPS) is 11.2. The van der Waals surface area contributed by atoms with Gasteiger partial charge in [0.25, 0.3) is 5.91 Å². The fraction of sp³-hybridized carbons (Fsp3) is 0.174. The topological polar surface area (TPSA) is 72.9 Å². The molecule has 3 aromatic rings. The first-order chi connectivity index (χ1) is 15.3. The lowest BCUT2D eigenvalue weighted by Gasteiger charge is -2.23. The van der Waals surface area contributed by atoms with E-state index < -0.39 is 15.9 Å². The molecule has 3 rings (SSSR count). The lowest BCUT2D eigenvalue weighted by atomic mass is 10.1. The molecule has 1 amide bonds. The van der Waals surface area contributed by atoms with Crippen LogP contribution in [0.15, 0.2) is 77.7 Å². The van der Waals surface area contributed by atoms with E-state index in [9.17, 15) is 17.6 Å². The third kappa shape index (κ3) is 6.29. The van der Waals surface area contributed by atoms with Crippen molar-refractivity contribution in [2.75, 3.05) is 20.3 Å². The van der Waals surface area contributed by atoms with Gasteiger partial charge in [0.2, 0.25) is 0 Å². The number of carbonyl (C=O) groups is 1. The van der Waals surface area contributed by atoms with Gasteiger partial charge in [-0.15, -0.1) is 0 Å². The summed E-state index contributed by atoms with van der Waals surface area (Å²) in [6.45, 7) is 1.02. The van der Waals surface area contributed by atoms with E-state index in [2.05, 4.69) is 0 Å². The van der Waals surface area contributed by atoms with Crippen molar-refractivity contribution in [3.05, 3.63) is 94.8 Å². The largest absolute Gasteiger partial charge is 0.383 e. The van der Waals surface area contributed by atoms with Crippen LogP contribution in [0.2, 0.25) is 5.02 Å². The van der Waals surface area contributed by atoms with Crippen LogP contribution in [0, 0.1) is 5.82 Å². The molecule has 6 nitrogen and oxygen atoms in total. The van der Waals surface area contributed by atoms with Crippen LogP contribution < -0.4 is 4.18 Å². The minimum atomic E-state index is -4.09. The molecule has 0 spiro atoms. The van der Waals surface area contributed by atoms with E-state index in [1.54, 1.807) is 48.4 Å². The molecule has 0 saturated carbocycles. The van der Waals surface area contributed by atoms with E-state index in [0.717, 1.165) is 29.8 Å². The predicted octanol–water partition coefficient (Wildman–Crippen LogP) is 4.54. The lowest BCUT2D eigenvalue weighted by molar-refractivity contribution is 0.0680. The maximum absolute atomic E-state index is 13.0. The Labute approximate surface area is 191 Å². The molecule has 0 aliphatic heterocycles. The van der Waals surface area contributed by atoms with Crippen LogP contribution in [0.3, 0.4) is 0 Å². The van der Waals surface area contributed by atoms with Crippen LogP contribution in [-0.4, -0.2) is 39.5 Å². The average molecular weight is 478 g/mol. The highest BCUT2D eigenvalue weighted by Crippen LogP contribution is 2.21. The smallest absolute Gasteiger partial charge is 0.339 e. The zero-order valence-electron chi connectivity index (χ0n) is 17.2. The van der Waals surface area contributed by atoms with E-state index in [4.69, 9.17) is 20.5 Å². The van der Waals surface area contributed by atoms with Gasteiger partial charge in [0, 0.05) is 30.8 Å². The second-order valence-corrected chi connectivity index (χ2v) is 8.84. The first-order valence-corrected chi connectivity index (χ1v) is 11.4. The molecule has 3 aromatic carbocycles. The molecule has 0 atom stereocenters. The number of benzene rings is 3. The summed E-state index contributed by atoms with van der Waals surface area (Å²) >= 11 is 5.90. The number of amides is 1. The predicted molar refractivity (Wildman–Crippen MR) is 119 cm³/mol. The number of methoxy groups -OCH3 is 1. The molecule has 32 heavy (non-hydrogen) atoms. The molecule has 9 heteroatoms. The Bertz CT molecular complexity index is 1150. The van der Waals surface area contributed by atoms with Crippen LogP contribution >= 0.6 is 11.6 Å². The third-order valence-corrected chi connectivity index (χ3v) is 6.06. The van der Waals surface area contributed by atoms with Crippen molar-refractivity contribution in [3.8, 4) is 5.75 Å². The highest BCUT2D eigenvalue weighted by molar-refractivity contribution is 7.87. The first-order valence-electron chi connectivity index (χ1n) is 9.61. The van der Waals surface area contributed by atoms with Crippen LogP contribution in [0.25, 0.3) is 0 Å². The molecular weight excluding hydrogens is 457 g/mol. The summed E-state index contributed by atoms with van der Waals surface area (Å²) in [6, 6.07) is 17.3. The Balaban J connectivity index is 1.72. The molecule has 0 saturated heterocycles. The number of hydrogen-bond donors (Lipinski definition) is 0. The summed E-state index contributed by atoms with van der Waals surface area (Å²) in [5.41, 5.74) is 1.27. The van der Waals surface area contributed by atoms with Gasteiger partial charge in [-0.3, -0.25) is 4.79 Å². The molecule has 0 N–H and O–H groups in total. The fourth-order valence-corrected chi connectivity index (χ4v) is 3.93. The zero-order valence-corrected chi connectivity index (χ0v) is 18.8. The number of nitrogens with zero attached hydrogens (tertiary/aromatic N) is 1. The van der Waals surface area contributed by atoms with Gasteiger partial charge in [0.15, 0.2) is 0 Å². The average Bonchev–Trinajstić information content (AvgIpc) is 2.78. The van der Waals surface area contributed by atoms with Gasteiger partial charge in [-0.1, -0.05) is 23.7 Å². The molecule has 0 aliphatic rings. The quantitative estimate of drug-likeness (QED) is 0.423. The number of hydrogen-bond acceptors (Lipinski definition) is 5. The van der Waals surface area contributed by atoms with E-state index in [1.807, 2.05) is 0 Å². The summed E-state index contributed by atoms with van der Waals surface area (Å²) in [7, 11) is -2.54. The molecule has 0 heterocycles. The van der Waals surface area contributed by atoms with Crippen molar-refractivity contribution in [2.24, 2.45) is 0 Å². The third-order valence-electron chi connectivity index (χ3n) is 4.55. The highest BCUT2D eigenvalue weighted by Gasteiger charge is 2.18. The van der Waals surface area contributed by atoms with Crippen LogP contribution in [0.5, 0.6) is 5.75 Å². The number of halogens is 2. The molecule has 0 fully saturated rings. The SMILES string of the molecule is COCCN(Cc1ccc(OS(=O)(=O)c2ccc(F)cc2)cc1)C(=O)c1ccc(Cl)cc1. The maximum atomic E-state index is 13.0.